The van der Waals surface area contributed by atoms with Crippen LogP contribution in [0.5, 0.6) is 11.5 Å². The van der Waals surface area contributed by atoms with Gasteiger partial charge >= 0.3 is 0 Å². The van der Waals surface area contributed by atoms with Crippen molar-refractivity contribution in [3.63, 3.8) is 0 Å². The van der Waals surface area contributed by atoms with Crippen LogP contribution in [0, 0.1) is 0 Å². The molecule has 9 aromatic rings. The molecule has 9 rings (SSSR count). The number of nitrogens with zero attached hydrogens (tertiary/aromatic N) is 7. The lowest BCUT2D eigenvalue weighted by atomic mass is 10.1. The minimum atomic E-state index is -0.105. The van der Waals surface area contributed by atoms with Gasteiger partial charge in [0.1, 0.15) is 47.4 Å². The molecule has 370 valence electrons. The van der Waals surface area contributed by atoms with Gasteiger partial charge in [-0.2, -0.15) is 0 Å². The third-order valence-corrected chi connectivity index (χ3v) is 11.4. The van der Waals surface area contributed by atoms with Crippen molar-refractivity contribution in [2.75, 3.05) is 66.1 Å². The van der Waals surface area contributed by atoms with Crippen molar-refractivity contribution in [3.05, 3.63) is 189 Å². The number of rotatable bonds is 28. The average molecular weight is 974 g/mol. The maximum Gasteiger partial charge on any atom is 0.193 e. The maximum absolute atomic E-state index is 12.7. The molecule has 4 heterocycles. The van der Waals surface area contributed by atoms with Gasteiger partial charge in [-0.05, 0) is 29.8 Å². The number of aromatic nitrogens is 6. The van der Waals surface area contributed by atoms with Crippen LogP contribution in [0.4, 0.5) is 0 Å². The van der Waals surface area contributed by atoms with Crippen molar-refractivity contribution in [3.8, 4) is 34.1 Å². The fourth-order valence-corrected chi connectivity index (χ4v) is 7.84. The van der Waals surface area contributed by atoms with E-state index < -0.39 is 0 Å². The Balaban J connectivity index is 0.643. The molecule has 0 aliphatic heterocycles. The first-order valence-corrected chi connectivity index (χ1v) is 23.9. The van der Waals surface area contributed by atoms with E-state index in [1.807, 2.05) is 91.3 Å². The standard InChI is InChI=1S/C55H55N7O10/c63-50-34-52(42-12-6-2-7-13-42)71-54-32-46(16-18-48(50)54)69-30-28-67-26-24-65-22-20-61-39-44(56-58-61)37-60(36-41-10-4-1-5-11-41)38-45-40-62(59-57-45)21-23-66-25-27-68-29-31-70-47-17-19-49-51(64)35-53(72-55(49)33-47)43-14-8-3-9-15-43/h1-19,32-35,39-40H,20-31,36-38H2. The minimum Gasteiger partial charge on any atom is -0.491 e. The molecule has 0 radical (unpaired) electrons. The van der Waals surface area contributed by atoms with Gasteiger partial charge in [-0.1, -0.05) is 101 Å². The van der Waals surface area contributed by atoms with E-state index in [2.05, 4.69) is 37.7 Å². The molecule has 0 spiro atoms. The zero-order valence-electron chi connectivity index (χ0n) is 39.8. The van der Waals surface area contributed by atoms with Gasteiger partial charge in [0.25, 0.3) is 0 Å². The Morgan fingerprint density at radius 1 is 0.444 bits per heavy atom. The maximum atomic E-state index is 12.7. The second-order valence-corrected chi connectivity index (χ2v) is 16.7. The summed E-state index contributed by atoms with van der Waals surface area (Å²) in [5, 5.41) is 18.6. The quantitative estimate of drug-likeness (QED) is 0.0433. The Morgan fingerprint density at radius 2 is 0.861 bits per heavy atom. The predicted molar refractivity (Wildman–Crippen MR) is 270 cm³/mol. The molecule has 0 bridgehead atoms. The molecule has 0 amide bonds. The van der Waals surface area contributed by atoms with Crippen molar-refractivity contribution in [1.82, 2.24) is 34.9 Å². The second kappa shape index (κ2) is 25.4. The average Bonchev–Trinajstić information content (AvgIpc) is 4.06. The van der Waals surface area contributed by atoms with E-state index in [9.17, 15) is 9.59 Å². The monoisotopic (exact) mass is 973 g/mol. The molecule has 0 saturated carbocycles. The topological polar surface area (TPSA) is 180 Å². The molecule has 0 fully saturated rings. The first kappa shape index (κ1) is 49.2. The van der Waals surface area contributed by atoms with Gasteiger partial charge in [0, 0.05) is 67.4 Å². The summed E-state index contributed by atoms with van der Waals surface area (Å²) in [7, 11) is 0. The summed E-state index contributed by atoms with van der Waals surface area (Å²) in [4.78, 5) is 27.6. The SMILES string of the molecule is O=c1cc(-c2ccccc2)oc2cc(OCCOCCOCCn3cc(CN(Cc4ccccc4)Cc4cn(CCOCCOCCOc5ccc6c(=O)cc(-c7ccccc7)oc6c5)nn4)nn3)ccc12. The highest BCUT2D eigenvalue weighted by Gasteiger charge is 2.15. The number of benzene rings is 5. The van der Waals surface area contributed by atoms with Crippen LogP contribution in [0.25, 0.3) is 44.6 Å². The molecule has 5 aromatic carbocycles. The lowest BCUT2D eigenvalue weighted by Gasteiger charge is -2.20. The largest absolute Gasteiger partial charge is 0.491 e. The van der Waals surface area contributed by atoms with Crippen molar-refractivity contribution in [2.45, 2.75) is 32.7 Å². The Morgan fingerprint density at radius 3 is 1.32 bits per heavy atom. The third kappa shape index (κ3) is 14.2. The molecule has 72 heavy (non-hydrogen) atoms. The molecule has 0 N–H and O–H groups in total. The van der Waals surface area contributed by atoms with Gasteiger partial charge in [-0.3, -0.25) is 14.5 Å². The van der Waals surface area contributed by atoms with Crippen LogP contribution in [0.2, 0.25) is 0 Å². The van der Waals surface area contributed by atoms with Crippen molar-refractivity contribution in [2.24, 2.45) is 0 Å². The van der Waals surface area contributed by atoms with Crippen LogP contribution in [-0.2, 0) is 51.7 Å². The fourth-order valence-electron chi connectivity index (χ4n) is 7.84. The molecule has 0 aliphatic carbocycles. The van der Waals surface area contributed by atoms with Gasteiger partial charge in [-0.25, -0.2) is 9.36 Å². The summed E-state index contributed by atoms with van der Waals surface area (Å²) < 4.78 is 50.4. The third-order valence-electron chi connectivity index (χ3n) is 11.4. The number of ether oxygens (including phenoxy) is 6. The summed E-state index contributed by atoms with van der Waals surface area (Å²) in [6.07, 6.45) is 3.88. The fraction of sp³-hybridized carbons (Fsp3) is 0.273. The van der Waals surface area contributed by atoms with Crippen LogP contribution in [0.15, 0.2) is 170 Å². The predicted octanol–water partition coefficient (Wildman–Crippen LogP) is 7.84. The van der Waals surface area contributed by atoms with Gasteiger partial charge < -0.3 is 37.3 Å². The molecule has 0 aliphatic rings. The molecule has 17 heteroatoms. The van der Waals surface area contributed by atoms with E-state index in [0.29, 0.717) is 144 Å². The molecule has 4 aromatic heterocycles. The second-order valence-electron chi connectivity index (χ2n) is 16.7. The highest BCUT2D eigenvalue weighted by atomic mass is 16.5. The highest BCUT2D eigenvalue weighted by Crippen LogP contribution is 2.26. The molecule has 0 unspecified atom stereocenters. The zero-order chi connectivity index (χ0) is 49.2. The first-order chi connectivity index (χ1) is 35.5. The Bertz CT molecular complexity index is 3020. The van der Waals surface area contributed by atoms with Crippen molar-refractivity contribution < 1.29 is 37.3 Å². The summed E-state index contributed by atoms with van der Waals surface area (Å²) >= 11 is 0. The molecular weight excluding hydrogens is 919 g/mol. The first-order valence-electron chi connectivity index (χ1n) is 23.9. The van der Waals surface area contributed by atoms with Crippen LogP contribution in [0.1, 0.15) is 17.0 Å². The lowest BCUT2D eigenvalue weighted by molar-refractivity contribution is 0.0333. The Kier molecular flexibility index (Phi) is 17.3. The van der Waals surface area contributed by atoms with Crippen LogP contribution < -0.4 is 20.3 Å². The van der Waals surface area contributed by atoms with E-state index in [1.165, 1.54) is 17.7 Å². The molecule has 17 nitrogen and oxygen atoms in total. The minimum absolute atomic E-state index is 0.105. The lowest BCUT2D eigenvalue weighted by Crippen LogP contribution is -2.23. The number of hydrogen-bond acceptors (Lipinski definition) is 15. The molecular formula is C55H55N7O10. The molecule has 0 atom stereocenters. The summed E-state index contributed by atoms with van der Waals surface area (Å²) in [6, 6.07) is 42.8. The van der Waals surface area contributed by atoms with E-state index in [-0.39, 0.29) is 10.9 Å². The van der Waals surface area contributed by atoms with Gasteiger partial charge in [0.05, 0.1) is 88.1 Å². The van der Waals surface area contributed by atoms with Crippen LogP contribution >= 0.6 is 0 Å². The van der Waals surface area contributed by atoms with E-state index in [0.717, 1.165) is 22.5 Å². The summed E-state index contributed by atoms with van der Waals surface area (Å²) in [5.41, 5.74) is 5.22. The van der Waals surface area contributed by atoms with E-state index in [4.69, 9.17) is 37.3 Å². The van der Waals surface area contributed by atoms with Crippen molar-refractivity contribution >= 4 is 21.9 Å². The highest BCUT2D eigenvalue weighted by molar-refractivity contribution is 5.81. The van der Waals surface area contributed by atoms with Gasteiger partial charge in [0.15, 0.2) is 10.9 Å². The van der Waals surface area contributed by atoms with Crippen molar-refractivity contribution in [1.29, 1.82) is 0 Å². The van der Waals surface area contributed by atoms with Crippen LogP contribution in [0.3, 0.4) is 0 Å². The normalized spacial score (nSPS) is 11.5. The van der Waals surface area contributed by atoms with E-state index >= 15 is 0 Å². The van der Waals surface area contributed by atoms with Crippen LogP contribution in [-0.4, -0.2) is 101 Å². The van der Waals surface area contributed by atoms with Gasteiger partial charge in [0.2, 0.25) is 0 Å². The summed E-state index contributed by atoms with van der Waals surface area (Å²) in [6.45, 7) is 6.87. The Hall–Kier alpha value is -7.80. The smallest absolute Gasteiger partial charge is 0.193 e. The van der Waals surface area contributed by atoms with Gasteiger partial charge in [-0.15, -0.1) is 10.2 Å². The zero-order valence-corrected chi connectivity index (χ0v) is 39.8. The number of hydrogen-bond donors (Lipinski definition) is 0. The summed E-state index contributed by atoms with van der Waals surface area (Å²) in [5.74, 6) is 2.20. The Labute approximate surface area is 415 Å². The van der Waals surface area contributed by atoms with E-state index in [1.54, 1.807) is 45.8 Å². The molecule has 0 saturated heterocycles. The number of fused-ring (bicyclic) bond motifs is 2.